The fraction of sp³-hybridized carbons (Fsp3) is 0.226. The van der Waals surface area contributed by atoms with Crippen molar-refractivity contribution in [2.24, 2.45) is 0 Å². The lowest BCUT2D eigenvalue weighted by Gasteiger charge is -2.43. The first kappa shape index (κ1) is 25.7. The van der Waals surface area contributed by atoms with Crippen molar-refractivity contribution in [3.63, 3.8) is 0 Å². The molecule has 1 nitrogen and oxygen atoms in total. The number of hydrogen-bond acceptors (Lipinski definition) is 1. The minimum atomic E-state index is -1.63. The van der Waals surface area contributed by atoms with Crippen molar-refractivity contribution in [1.29, 1.82) is 0 Å². The van der Waals surface area contributed by atoms with Gasteiger partial charge in [-0.25, -0.2) is 0 Å². The van der Waals surface area contributed by atoms with E-state index in [0.717, 1.165) is 5.56 Å². The van der Waals surface area contributed by atoms with Gasteiger partial charge in [0.25, 0.3) is 0 Å². The Bertz CT molecular complexity index is 1040. The lowest BCUT2D eigenvalue weighted by Crippen LogP contribution is -2.66. The summed E-state index contributed by atoms with van der Waals surface area (Å²) in [6, 6.07) is 43.1. The molecule has 4 aromatic carbocycles. The van der Waals surface area contributed by atoms with Crippen molar-refractivity contribution in [3.8, 4) is 0 Å². The highest BCUT2D eigenvalue weighted by molar-refractivity contribution is 8.00. The van der Waals surface area contributed by atoms with Gasteiger partial charge in [-0.3, -0.25) is 0 Å². The third-order valence-electron chi connectivity index (χ3n) is 6.45. The Labute approximate surface area is 207 Å². The molecule has 0 bridgehead atoms. The average Bonchev–Trinajstić information content (AvgIpc) is 2.87. The first-order chi connectivity index (χ1) is 16.5. The van der Waals surface area contributed by atoms with Crippen molar-refractivity contribution in [2.75, 3.05) is 12.5 Å². The van der Waals surface area contributed by atoms with Crippen LogP contribution in [-0.2, 0) is 19.9 Å². The van der Waals surface area contributed by atoms with Crippen LogP contribution < -0.4 is 16.4 Å². The molecule has 0 aliphatic heterocycles. The van der Waals surface area contributed by atoms with Crippen LogP contribution in [0.25, 0.3) is 0 Å². The van der Waals surface area contributed by atoms with Crippen LogP contribution >= 0.6 is 0 Å². The highest BCUT2D eigenvalue weighted by atomic mass is 32.2. The van der Waals surface area contributed by atoms with E-state index in [1.165, 1.54) is 35.6 Å². The summed E-state index contributed by atoms with van der Waals surface area (Å²) < 4.78 is 11.4. The number of benzene rings is 4. The molecule has 0 N–H and O–H groups in total. The largest absolute Gasteiger partial charge is 0.200 e. The maximum atomic E-state index is 11.4. The van der Waals surface area contributed by atoms with E-state index >= 15 is 0 Å². The summed E-state index contributed by atoms with van der Waals surface area (Å²) in [6.07, 6.45) is 6.31. The molecular formula is C31H37BOS. The Hall–Kier alpha value is -2.91. The third-order valence-corrected chi connectivity index (χ3v) is 7.48. The zero-order valence-electron chi connectivity index (χ0n) is 20.8. The molecule has 3 heteroatoms. The lowest BCUT2D eigenvalue weighted by molar-refractivity contribution is 0.590. The first-order valence-electron chi connectivity index (χ1n) is 12.2. The van der Waals surface area contributed by atoms with Crippen molar-refractivity contribution in [2.45, 2.75) is 31.8 Å². The zero-order valence-corrected chi connectivity index (χ0v) is 21.6. The number of unbranched alkanes of at least 4 members (excludes halogenated alkanes) is 1. The summed E-state index contributed by atoms with van der Waals surface area (Å²) in [4.78, 5) is 0. The first-order valence-corrected chi connectivity index (χ1v) is 14.8. The van der Waals surface area contributed by atoms with E-state index in [9.17, 15) is 4.21 Å². The fourth-order valence-corrected chi connectivity index (χ4v) is 5.90. The van der Waals surface area contributed by atoms with Crippen LogP contribution in [0.5, 0.6) is 0 Å². The van der Waals surface area contributed by atoms with Crippen LogP contribution in [0.4, 0.5) is 0 Å². The molecule has 0 radical (unpaired) electrons. The van der Waals surface area contributed by atoms with Gasteiger partial charge in [0, 0.05) is 5.56 Å². The quantitative estimate of drug-likeness (QED) is 0.232. The minimum Gasteiger partial charge on any atom is -0.200 e. The van der Waals surface area contributed by atoms with Gasteiger partial charge in [-0.05, 0) is 0 Å². The van der Waals surface area contributed by atoms with Gasteiger partial charge in [-0.2, -0.15) is 22.7 Å². The van der Waals surface area contributed by atoms with E-state index in [1.54, 1.807) is 12.5 Å². The standard InChI is InChI=1S/C22H24B.C9H13OS/c1-2-3-19-23(20-13-7-4-8-14-20,21-15-9-5-10-16-21)22-17-11-6-12-18-22;1-11(2,10)8-9-6-4-3-5-7-9/h4-18H,2-3,19H2,1H3;3-7H,8H2,1-2H3/q-1;+1. The van der Waals surface area contributed by atoms with Crippen LogP contribution in [0.2, 0.25) is 6.32 Å². The Kier molecular flexibility index (Phi) is 9.47. The molecule has 0 atom stereocenters. The van der Waals surface area contributed by atoms with Gasteiger partial charge in [0.05, 0.1) is 16.1 Å². The second kappa shape index (κ2) is 12.5. The number of rotatable bonds is 8. The van der Waals surface area contributed by atoms with E-state index in [0.29, 0.717) is 5.75 Å². The van der Waals surface area contributed by atoms with Gasteiger partial charge in [-0.1, -0.05) is 141 Å². The predicted molar refractivity (Wildman–Crippen MR) is 154 cm³/mol. The molecular weight excluding hydrogens is 431 g/mol. The Morgan fingerprint density at radius 2 is 0.941 bits per heavy atom. The molecule has 0 aromatic heterocycles. The Morgan fingerprint density at radius 1 is 0.588 bits per heavy atom. The molecule has 0 amide bonds. The third kappa shape index (κ3) is 7.04. The maximum Gasteiger partial charge on any atom is 0.136 e. The normalized spacial score (nSPS) is 11.4. The summed E-state index contributed by atoms with van der Waals surface area (Å²) in [5, 5.41) is 0. The van der Waals surface area contributed by atoms with E-state index < -0.39 is 16.1 Å². The molecule has 34 heavy (non-hydrogen) atoms. The molecule has 176 valence electrons. The molecule has 0 saturated heterocycles. The molecule has 0 spiro atoms. The number of hydrogen-bond donors (Lipinski definition) is 0. The van der Waals surface area contributed by atoms with Crippen LogP contribution in [0.3, 0.4) is 0 Å². The molecule has 0 heterocycles. The highest BCUT2D eigenvalue weighted by Gasteiger charge is 2.28. The zero-order chi connectivity index (χ0) is 24.3. The van der Waals surface area contributed by atoms with Gasteiger partial charge in [0.2, 0.25) is 0 Å². The van der Waals surface area contributed by atoms with Crippen LogP contribution in [-0.4, -0.2) is 18.7 Å². The van der Waals surface area contributed by atoms with Gasteiger partial charge in [-0.15, -0.1) is 4.21 Å². The minimum absolute atomic E-state index is 0.688. The monoisotopic (exact) mass is 468 g/mol. The van der Waals surface area contributed by atoms with E-state index in [-0.39, 0.29) is 0 Å². The molecule has 0 aliphatic carbocycles. The van der Waals surface area contributed by atoms with Crippen molar-refractivity contribution in [1.82, 2.24) is 0 Å². The smallest absolute Gasteiger partial charge is 0.136 e. The molecule has 4 rings (SSSR count). The summed E-state index contributed by atoms with van der Waals surface area (Å²) >= 11 is 0. The maximum absolute atomic E-state index is 11.4. The lowest BCUT2D eigenvalue weighted by atomic mass is 9.14. The second-order valence-electron chi connectivity index (χ2n) is 9.49. The van der Waals surface area contributed by atoms with Crippen molar-refractivity contribution in [3.05, 3.63) is 127 Å². The van der Waals surface area contributed by atoms with Crippen LogP contribution in [0.1, 0.15) is 25.3 Å². The van der Waals surface area contributed by atoms with Crippen molar-refractivity contribution >= 4 is 32.5 Å². The summed E-state index contributed by atoms with van der Waals surface area (Å²) in [5.41, 5.74) is 5.48. The van der Waals surface area contributed by atoms with Crippen LogP contribution in [0.15, 0.2) is 121 Å². The molecule has 0 aliphatic rings. The highest BCUT2D eigenvalue weighted by Crippen LogP contribution is 2.16. The van der Waals surface area contributed by atoms with Gasteiger partial charge in [0.1, 0.15) is 18.3 Å². The average molecular weight is 469 g/mol. The van der Waals surface area contributed by atoms with E-state index in [4.69, 9.17) is 0 Å². The van der Waals surface area contributed by atoms with Crippen LogP contribution in [0, 0.1) is 0 Å². The predicted octanol–water partition coefficient (Wildman–Crippen LogP) is 5.90. The van der Waals surface area contributed by atoms with Gasteiger partial charge >= 0.3 is 0 Å². The van der Waals surface area contributed by atoms with E-state index in [1.807, 2.05) is 30.3 Å². The Morgan fingerprint density at radius 3 is 1.26 bits per heavy atom. The van der Waals surface area contributed by atoms with Crippen molar-refractivity contribution < 1.29 is 4.21 Å². The topological polar surface area (TPSA) is 17.1 Å². The van der Waals surface area contributed by atoms with E-state index in [2.05, 4.69) is 97.9 Å². The summed E-state index contributed by atoms with van der Waals surface area (Å²) in [7, 11) is -1.63. The summed E-state index contributed by atoms with van der Waals surface area (Å²) in [5.74, 6) is 0.688. The summed E-state index contributed by atoms with van der Waals surface area (Å²) in [6.45, 7) is 2.28. The molecule has 4 aromatic rings. The second-order valence-corrected chi connectivity index (χ2v) is 12.6. The molecule has 0 unspecified atom stereocenters. The fourth-order valence-electron chi connectivity index (χ4n) is 4.91. The van der Waals surface area contributed by atoms with Gasteiger partial charge in [0.15, 0.2) is 0 Å². The molecule has 0 fully saturated rings. The SMILES string of the molecule is CCCC[B-](c1ccccc1)(c1ccccc1)c1ccccc1.C[S+](C)(=O)Cc1ccccc1. The van der Waals surface area contributed by atoms with Gasteiger partial charge < -0.3 is 0 Å². The Balaban J connectivity index is 0.000000248. The molecule has 0 saturated carbocycles.